The summed E-state index contributed by atoms with van der Waals surface area (Å²) in [5.41, 5.74) is 1.27. The molecule has 0 aliphatic heterocycles. The van der Waals surface area contributed by atoms with Crippen LogP contribution >= 0.6 is 11.6 Å². The Bertz CT molecular complexity index is 1020. The zero-order valence-electron chi connectivity index (χ0n) is 12.9. The van der Waals surface area contributed by atoms with E-state index in [2.05, 4.69) is 4.98 Å². The number of aromatic nitrogens is 2. The molecule has 2 aromatic heterocycles. The second kappa shape index (κ2) is 5.86. The third-order valence-electron chi connectivity index (χ3n) is 3.66. The number of hydrogen-bond acceptors (Lipinski definition) is 5. The summed E-state index contributed by atoms with van der Waals surface area (Å²) in [4.78, 5) is 4.25. The van der Waals surface area contributed by atoms with Gasteiger partial charge >= 0.3 is 0 Å². The zero-order valence-corrected chi connectivity index (χ0v) is 14.5. The molecule has 2 N–H and O–H groups in total. The fourth-order valence-electron chi connectivity index (χ4n) is 2.49. The van der Waals surface area contributed by atoms with E-state index in [4.69, 9.17) is 11.6 Å². The van der Waals surface area contributed by atoms with Gasteiger partial charge in [-0.2, -0.15) is 0 Å². The quantitative estimate of drug-likeness (QED) is 0.695. The predicted octanol–water partition coefficient (Wildman–Crippen LogP) is 2.53. The lowest BCUT2D eigenvalue weighted by Crippen LogP contribution is -2.18. The maximum Gasteiger partial charge on any atom is 0.269 e. The van der Waals surface area contributed by atoms with Crippen LogP contribution in [0, 0.1) is 13.8 Å². The molecular weight excluding hydrogens is 352 g/mol. The molecule has 0 bridgehead atoms. The molecule has 0 saturated carbocycles. The number of halogens is 1. The van der Waals surface area contributed by atoms with E-state index in [9.17, 15) is 18.6 Å². The van der Waals surface area contributed by atoms with E-state index in [1.54, 1.807) is 25.1 Å². The van der Waals surface area contributed by atoms with Crippen LogP contribution in [0.25, 0.3) is 11.0 Å². The number of rotatable bonds is 3. The van der Waals surface area contributed by atoms with Crippen molar-refractivity contribution in [3.05, 3.63) is 58.4 Å². The average Bonchev–Trinajstić information content (AvgIpc) is 2.88. The van der Waals surface area contributed by atoms with Crippen LogP contribution in [0.1, 0.15) is 23.2 Å². The number of aliphatic hydroxyl groups is 2. The fourth-order valence-corrected chi connectivity index (χ4v) is 4.27. The van der Waals surface area contributed by atoms with Crippen LogP contribution in [-0.2, 0) is 10.0 Å². The highest BCUT2D eigenvalue weighted by Gasteiger charge is 2.27. The Labute approximate surface area is 144 Å². The van der Waals surface area contributed by atoms with Gasteiger partial charge in [-0.05, 0) is 38.1 Å². The van der Waals surface area contributed by atoms with Gasteiger partial charge in [0.1, 0.15) is 0 Å². The Hall–Kier alpha value is -1.93. The molecule has 0 atom stereocenters. The highest BCUT2D eigenvalue weighted by Crippen LogP contribution is 2.32. The summed E-state index contributed by atoms with van der Waals surface area (Å²) >= 11 is 6.16. The number of fused-ring (bicyclic) bond motifs is 1. The molecule has 0 unspecified atom stereocenters. The largest absolute Gasteiger partial charge is 0.363 e. The Morgan fingerprint density at radius 2 is 1.75 bits per heavy atom. The van der Waals surface area contributed by atoms with Gasteiger partial charge in [-0.1, -0.05) is 29.3 Å². The van der Waals surface area contributed by atoms with E-state index in [-0.39, 0.29) is 21.3 Å². The van der Waals surface area contributed by atoms with E-state index in [1.807, 2.05) is 6.92 Å². The summed E-state index contributed by atoms with van der Waals surface area (Å²) in [5, 5.41) is 19.9. The van der Waals surface area contributed by atoms with Crippen molar-refractivity contribution in [2.45, 2.75) is 25.0 Å². The molecule has 3 aromatic rings. The van der Waals surface area contributed by atoms with Crippen molar-refractivity contribution in [1.82, 2.24) is 8.96 Å². The standard InChI is InChI=1S/C16H15ClN2O4S/c1-9-3-5-11(6-4-9)24(22,23)19-14(16(20)21)8-12-13(17)7-10(2)18-15(12)19/h3-8,16,20-21H,1-2H3. The maximum atomic E-state index is 13.0. The molecule has 0 saturated heterocycles. The van der Waals surface area contributed by atoms with E-state index in [0.717, 1.165) is 9.54 Å². The van der Waals surface area contributed by atoms with Crippen molar-refractivity contribution in [3.8, 4) is 0 Å². The van der Waals surface area contributed by atoms with Crippen LogP contribution < -0.4 is 0 Å². The van der Waals surface area contributed by atoms with E-state index in [1.165, 1.54) is 18.2 Å². The van der Waals surface area contributed by atoms with Crippen molar-refractivity contribution in [2.75, 3.05) is 0 Å². The summed E-state index contributed by atoms with van der Waals surface area (Å²) in [6.45, 7) is 3.52. The van der Waals surface area contributed by atoms with Gasteiger partial charge in [0, 0.05) is 11.1 Å². The summed E-state index contributed by atoms with van der Waals surface area (Å²) in [6, 6.07) is 9.15. The molecule has 24 heavy (non-hydrogen) atoms. The topological polar surface area (TPSA) is 92.4 Å². The third-order valence-corrected chi connectivity index (χ3v) is 5.70. The number of hydrogen-bond donors (Lipinski definition) is 2. The molecule has 0 aliphatic carbocycles. The van der Waals surface area contributed by atoms with Gasteiger partial charge in [0.15, 0.2) is 11.9 Å². The normalized spacial score (nSPS) is 12.2. The summed E-state index contributed by atoms with van der Waals surface area (Å²) < 4.78 is 26.9. The van der Waals surface area contributed by atoms with Crippen LogP contribution in [0.3, 0.4) is 0 Å². The molecule has 8 heteroatoms. The summed E-state index contributed by atoms with van der Waals surface area (Å²) in [7, 11) is -4.07. The highest BCUT2D eigenvalue weighted by atomic mass is 35.5. The monoisotopic (exact) mass is 366 g/mol. The lowest BCUT2D eigenvalue weighted by atomic mass is 10.2. The summed E-state index contributed by atoms with van der Waals surface area (Å²) in [5.74, 6) is 0. The Balaban J connectivity index is 2.39. The molecule has 1 aromatic carbocycles. The molecule has 0 spiro atoms. The SMILES string of the molecule is Cc1ccc(S(=O)(=O)n2c(C(O)O)cc3c(Cl)cc(C)nc32)cc1. The van der Waals surface area contributed by atoms with Crippen LogP contribution in [-0.4, -0.2) is 27.6 Å². The van der Waals surface area contributed by atoms with Crippen molar-refractivity contribution in [3.63, 3.8) is 0 Å². The second-order valence-electron chi connectivity index (χ2n) is 5.51. The van der Waals surface area contributed by atoms with Gasteiger partial charge in [-0.25, -0.2) is 17.4 Å². The number of aryl methyl sites for hydroxylation is 2. The van der Waals surface area contributed by atoms with Crippen molar-refractivity contribution in [2.24, 2.45) is 0 Å². The third kappa shape index (κ3) is 2.69. The van der Waals surface area contributed by atoms with E-state index in [0.29, 0.717) is 11.1 Å². The van der Waals surface area contributed by atoms with Crippen molar-refractivity contribution < 1.29 is 18.6 Å². The Morgan fingerprint density at radius 1 is 1.12 bits per heavy atom. The first-order valence-electron chi connectivity index (χ1n) is 7.08. The number of benzene rings is 1. The fraction of sp³-hybridized carbons (Fsp3) is 0.188. The zero-order chi connectivity index (χ0) is 17.6. The van der Waals surface area contributed by atoms with Gasteiger partial charge in [-0.15, -0.1) is 0 Å². The van der Waals surface area contributed by atoms with Crippen LogP contribution in [0.2, 0.25) is 5.02 Å². The predicted molar refractivity (Wildman–Crippen MR) is 90.4 cm³/mol. The van der Waals surface area contributed by atoms with Crippen molar-refractivity contribution in [1.29, 1.82) is 0 Å². The first kappa shape index (κ1) is 16.9. The Kier molecular flexibility index (Phi) is 4.13. The molecule has 126 valence electrons. The minimum Gasteiger partial charge on any atom is -0.363 e. The van der Waals surface area contributed by atoms with Gasteiger partial charge in [0.05, 0.1) is 15.6 Å². The van der Waals surface area contributed by atoms with Crippen molar-refractivity contribution >= 4 is 32.7 Å². The molecule has 3 rings (SSSR count). The molecule has 0 aliphatic rings. The molecule has 0 fully saturated rings. The van der Waals surface area contributed by atoms with Crippen LogP contribution in [0.4, 0.5) is 0 Å². The molecule has 0 amide bonds. The lowest BCUT2D eigenvalue weighted by Gasteiger charge is -2.13. The molecular formula is C16H15ClN2O4S. The average molecular weight is 367 g/mol. The van der Waals surface area contributed by atoms with E-state index < -0.39 is 16.3 Å². The first-order chi connectivity index (χ1) is 11.2. The minimum absolute atomic E-state index is 0.0203. The van der Waals surface area contributed by atoms with Gasteiger partial charge in [-0.3, -0.25) is 0 Å². The smallest absolute Gasteiger partial charge is 0.269 e. The maximum absolute atomic E-state index is 13.0. The minimum atomic E-state index is -4.07. The second-order valence-corrected chi connectivity index (χ2v) is 7.70. The molecule has 0 radical (unpaired) electrons. The van der Waals surface area contributed by atoms with Gasteiger partial charge in [0.25, 0.3) is 10.0 Å². The molecule has 2 heterocycles. The van der Waals surface area contributed by atoms with E-state index >= 15 is 0 Å². The highest BCUT2D eigenvalue weighted by molar-refractivity contribution is 7.90. The van der Waals surface area contributed by atoms with Crippen LogP contribution in [0.5, 0.6) is 0 Å². The number of nitrogens with zero attached hydrogens (tertiary/aromatic N) is 2. The Morgan fingerprint density at radius 3 is 2.33 bits per heavy atom. The lowest BCUT2D eigenvalue weighted by molar-refractivity contribution is -0.0461. The number of aliphatic hydroxyl groups excluding tert-OH is 1. The van der Waals surface area contributed by atoms with Gasteiger partial charge < -0.3 is 10.2 Å². The molecule has 6 nitrogen and oxygen atoms in total. The van der Waals surface area contributed by atoms with Gasteiger partial charge in [0.2, 0.25) is 0 Å². The summed E-state index contributed by atoms with van der Waals surface area (Å²) in [6.07, 6.45) is -1.99. The number of pyridine rings is 1. The van der Waals surface area contributed by atoms with Crippen LogP contribution in [0.15, 0.2) is 41.3 Å². The first-order valence-corrected chi connectivity index (χ1v) is 8.90.